The fourth-order valence-corrected chi connectivity index (χ4v) is 1.19. The fraction of sp³-hybridized carbons (Fsp3) is 0.100. The summed E-state index contributed by atoms with van der Waals surface area (Å²) in [7, 11) is 1.57. The van der Waals surface area contributed by atoms with E-state index in [0.29, 0.717) is 17.1 Å². The SMILES string of the molecule is COc1ccc(O)c(-c2ccno2)c1. The maximum atomic E-state index is 9.56. The fourth-order valence-electron chi connectivity index (χ4n) is 1.19. The lowest BCUT2D eigenvalue weighted by Gasteiger charge is -2.03. The van der Waals surface area contributed by atoms with Gasteiger partial charge in [-0.25, -0.2) is 0 Å². The molecular weight excluding hydrogens is 182 g/mol. The molecule has 0 saturated carbocycles. The Balaban J connectivity index is 2.51. The number of hydrogen-bond acceptors (Lipinski definition) is 4. The third-order valence-corrected chi connectivity index (χ3v) is 1.91. The highest BCUT2D eigenvalue weighted by Gasteiger charge is 2.08. The van der Waals surface area contributed by atoms with Crippen LogP contribution in [-0.4, -0.2) is 17.4 Å². The molecule has 0 atom stereocenters. The number of methoxy groups -OCH3 is 1. The number of rotatable bonds is 2. The van der Waals surface area contributed by atoms with E-state index in [-0.39, 0.29) is 5.75 Å². The average molecular weight is 191 g/mol. The Morgan fingerprint density at radius 1 is 1.36 bits per heavy atom. The summed E-state index contributed by atoms with van der Waals surface area (Å²) in [5, 5.41) is 13.1. The summed E-state index contributed by atoms with van der Waals surface area (Å²) in [4.78, 5) is 0. The van der Waals surface area contributed by atoms with Crippen LogP contribution in [0.5, 0.6) is 11.5 Å². The van der Waals surface area contributed by atoms with Crippen LogP contribution < -0.4 is 4.74 Å². The zero-order valence-corrected chi connectivity index (χ0v) is 7.60. The predicted octanol–water partition coefficient (Wildman–Crippen LogP) is 2.06. The van der Waals surface area contributed by atoms with E-state index >= 15 is 0 Å². The zero-order chi connectivity index (χ0) is 9.97. The minimum atomic E-state index is 0.141. The van der Waals surface area contributed by atoms with Crippen molar-refractivity contribution in [2.45, 2.75) is 0 Å². The smallest absolute Gasteiger partial charge is 0.170 e. The molecule has 1 aromatic carbocycles. The van der Waals surface area contributed by atoms with Crippen LogP contribution in [-0.2, 0) is 0 Å². The molecular formula is C10H9NO3. The number of phenols is 1. The van der Waals surface area contributed by atoms with Gasteiger partial charge in [-0.3, -0.25) is 0 Å². The van der Waals surface area contributed by atoms with Gasteiger partial charge in [-0.2, -0.15) is 0 Å². The van der Waals surface area contributed by atoms with Crippen molar-refractivity contribution in [3.8, 4) is 22.8 Å². The molecule has 0 aliphatic rings. The van der Waals surface area contributed by atoms with Gasteiger partial charge in [-0.15, -0.1) is 0 Å². The Kier molecular flexibility index (Phi) is 2.10. The van der Waals surface area contributed by atoms with E-state index in [4.69, 9.17) is 9.26 Å². The highest BCUT2D eigenvalue weighted by atomic mass is 16.5. The van der Waals surface area contributed by atoms with Crippen LogP contribution >= 0.6 is 0 Å². The van der Waals surface area contributed by atoms with Crippen LogP contribution in [0.1, 0.15) is 0 Å². The van der Waals surface area contributed by atoms with Gasteiger partial charge in [0.05, 0.1) is 18.9 Å². The summed E-state index contributed by atoms with van der Waals surface area (Å²) >= 11 is 0. The molecule has 2 aromatic rings. The lowest BCUT2D eigenvalue weighted by Crippen LogP contribution is -1.83. The standard InChI is InChI=1S/C10H9NO3/c1-13-7-2-3-9(12)8(6-7)10-4-5-11-14-10/h2-6,12H,1H3. The van der Waals surface area contributed by atoms with Gasteiger partial charge < -0.3 is 14.4 Å². The van der Waals surface area contributed by atoms with Gasteiger partial charge in [0, 0.05) is 6.07 Å². The van der Waals surface area contributed by atoms with Crippen molar-refractivity contribution in [2.75, 3.05) is 7.11 Å². The summed E-state index contributed by atoms with van der Waals surface area (Å²) in [6.45, 7) is 0. The van der Waals surface area contributed by atoms with Crippen LogP contribution in [0.25, 0.3) is 11.3 Å². The summed E-state index contributed by atoms with van der Waals surface area (Å²) in [5.74, 6) is 1.32. The highest BCUT2D eigenvalue weighted by molar-refractivity contribution is 5.66. The maximum Gasteiger partial charge on any atom is 0.170 e. The van der Waals surface area contributed by atoms with E-state index in [2.05, 4.69) is 5.16 Å². The molecule has 0 aliphatic carbocycles. The van der Waals surface area contributed by atoms with E-state index in [0.717, 1.165) is 0 Å². The van der Waals surface area contributed by atoms with E-state index < -0.39 is 0 Å². The molecule has 0 aliphatic heterocycles. The molecule has 1 N–H and O–H groups in total. The Morgan fingerprint density at radius 2 is 2.21 bits per heavy atom. The van der Waals surface area contributed by atoms with Crippen molar-refractivity contribution < 1.29 is 14.4 Å². The van der Waals surface area contributed by atoms with Crippen molar-refractivity contribution >= 4 is 0 Å². The molecule has 0 radical (unpaired) electrons. The van der Waals surface area contributed by atoms with Gasteiger partial charge in [-0.1, -0.05) is 5.16 Å². The monoisotopic (exact) mass is 191 g/mol. The molecule has 4 nitrogen and oxygen atoms in total. The summed E-state index contributed by atoms with van der Waals surface area (Å²) in [6.07, 6.45) is 1.52. The number of benzene rings is 1. The molecule has 0 saturated heterocycles. The van der Waals surface area contributed by atoms with E-state index in [1.165, 1.54) is 6.20 Å². The second-order valence-electron chi connectivity index (χ2n) is 2.76. The van der Waals surface area contributed by atoms with Gasteiger partial charge in [0.15, 0.2) is 5.76 Å². The molecule has 72 valence electrons. The second-order valence-corrected chi connectivity index (χ2v) is 2.76. The third kappa shape index (κ3) is 1.42. The van der Waals surface area contributed by atoms with E-state index in [9.17, 15) is 5.11 Å². The molecule has 0 spiro atoms. The lowest BCUT2D eigenvalue weighted by atomic mass is 10.1. The van der Waals surface area contributed by atoms with Crippen molar-refractivity contribution in [3.63, 3.8) is 0 Å². The number of hydrogen-bond donors (Lipinski definition) is 1. The predicted molar refractivity (Wildman–Crippen MR) is 50.2 cm³/mol. The van der Waals surface area contributed by atoms with Gasteiger partial charge >= 0.3 is 0 Å². The topological polar surface area (TPSA) is 55.5 Å². The number of nitrogens with zero attached hydrogens (tertiary/aromatic N) is 1. The highest BCUT2D eigenvalue weighted by Crippen LogP contribution is 2.31. The van der Waals surface area contributed by atoms with Crippen LogP contribution in [0.3, 0.4) is 0 Å². The average Bonchev–Trinajstić information content (AvgIpc) is 2.71. The second kappa shape index (κ2) is 3.41. The normalized spacial score (nSPS) is 10.1. The summed E-state index contributed by atoms with van der Waals surface area (Å²) in [6, 6.07) is 6.59. The number of aromatic nitrogens is 1. The first-order valence-corrected chi connectivity index (χ1v) is 4.09. The first-order chi connectivity index (χ1) is 6.81. The zero-order valence-electron chi connectivity index (χ0n) is 7.60. The first kappa shape index (κ1) is 8.62. The molecule has 2 rings (SSSR count). The largest absolute Gasteiger partial charge is 0.507 e. The molecule has 1 aromatic heterocycles. The minimum Gasteiger partial charge on any atom is -0.507 e. The van der Waals surface area contributed by atoms with E-state index in [1.54, 1.807) is 31.4 Å². The molecule has 0 unspecified atom stereocenters. The maximum absolute atomic E-state index is 9.56. The van der Waals surface area contributed by atoms with Crippen molar-refractivity contribution in [2.24, 2.45) is 0 Å². The van der Waals surface area contributed by atoms with Crippen LogP contribution in [0.4, 0.5) is 0 Å². The molecule has 0 bridgehead atoms. The molecule has 14 heavy (non-hydrogen) atoms. The van der Waals surface area contributed by atoms with Crippen molar-refractivity contribution in [1.29, 1.82) is 0 Å². The molecule has 1 heterocycles. The van der Waals surface area contributed by atoms with Crippen molar-refractivity contribution in [3.05, 3.63) is 30.5 Å². The molecule has 0 fully saturated rings. The Morgan fingerprint density at radius 3 is 2.86 bits per heavy atom. The van der Waals surface area contributed by atoms with Gasteiger partial charge in [0.1, 0.15) is 11.5 Å². The van der Waals surface area contributed by atoms with Crippen molar-refractivity contribution in [1.82, 2.24) is 5.16 Å². The molecule has 4 heteroatoms. The third-order valence-electron chi connectivity index (χ3n) is 1.91. The Labute approximate surface area is 80.7 Å². The van der Waals surface area contributed by atoms with Crippen LogP contribution in [0.15, 0.2) is 35.0 Å². The Bertz CT molecular complexity index is 423. The van der Waals surface area contributed by atoms with Crippen LogP contribution in [0.2, 0.25) is 0 Å². The minimum absolute atomic E-state index is 0.141. The summed E-state index contributed by atoms with van der Waals surface area (Å²) < 4.78 is 9.97. The summed E-state index contributed by atoms with van der Waals surface area (Å²) in [5.41, 5.74) is 0.571. The number of ether oxygens (including phenoxy) is 1. The number of aromatic hydroxyl groups is 1. The van der Waals surface area contributed by atoms with Gasteiger partial charge in [0.25, 0.3) is 0 Å². The molecule has 0 amide bonds. The Hall–Kier alpha value is -1.97. The lowest BCUT2D eigenvalue weighted by molar-refractivity contribution is 0.409. The quantitative estimate of drug-likeness (QED) is 0.789. The number of phenolic OH excluding ortho intramolecular Hbond substituents is 1. The van der Waals surface area contributed by atoms with E-state index in [1.807, 2.05) is 0 Å². The first-order valence-electron chi connectivity index (χ1n) is 4.09. The van der Waals surface area contributed by atoms with Gasteiger partial charge in [-0.05, 0) is 18.2 Å². The van der Waals surface area contributed by atoms with Crippen LogP contribution in [0, 0.1) is 0 Å². The van der Waals surface area contributed by atoms with Gasteiger partial charge in [0.2, 0.25) is 0 Å².